The van der Waals surface area contributed by atoms with Crippen LogP contribution < -0.4 is 5.32 Å². The van der Waals surface area contributed by atoms with Crippen LogP contribution in [0.3, 0.4) is 0 Å². The highest BCUT2D eigenvalue weighted by molar-refractivity contribution is 6.35. The summed E-state index contributed by atoms with van der Waals surface area (Å²) in [6.45, 7) is 4.88. The molecule has 0 amide bonds. The van der Waals surface area contributed by atoms with Gasteiger partial charge in [0.25, 0.3) is 0 Å². The Bertz CT molecular complexity index is 513. The maximum Gasteiger partial charge on any atom is 0.0470 e. The maximum absolute atomic E-state index is 6.14. The zero-order valence-electron chi connectivity index (χ0n) is 10.4. The van der Waals surface area contributed by atoms with Crippen LogP contribution in [-0.2, 0) is 6.54 Å². The van der Waals surface area contributed by atoms with Crippen LogP contribution in [0.15, 0.2) is 36.4 Å². The standard InChI is InChI=1S/C15H15Cl2N/c1-10-3-6-15(11(2)7-10)18-9-12-4-5-13(16)8-14(12)17/h3-8,18H,9H2,1-2H3. The van der Waals surface area contributed by atoms with Gasteiger partial charge in [-0.3, -0.25) is 0 Å². The highest BCUT2D eigenvalue weighted by atomic mass is 35.5. The minimum Gasteiger partial charge on any atom is -0.381 e. The van der Waals surface area contributed by atoms with Gasteiger partial charge in [0.1, 0.15) is 0 Å². The molecule has 1 N–H and O–H groups in total. The minimum absolute atomic E-state index is 0.662. The minimum atomic E-state index is 0.662. The molecule has 0 saturated carbocycles. The van der Waals surface area contributed by atoms with Crippen molar-refractivity contribution in [1.82, 2.24) is 0 Å². The van der Waals surface area contributed by atoms with Crippen molar-refractivity contribution in [3.63, 3.8) is 0 Å². The molecule has 0 fully saturated rings. The fourth-order valence-corrected chi connectivity index (χ4v) is 2.34. The Balaban J connectivity index is 2.11. The van der Waals surface area contributed by atoms with Crippen LogP contribution in [0.4, 0.5) is 5.69 Å². The van der Waals surface area contributed by atoms with E-state index in [1.807, 2.05) is 12.1 Å². The second kappa shape index (κ2) is 5.64. The summed E-state index contributed by atoms with van der Waals surface area (Å²) in [4.78, 5) is 0. The molecule has 0 atom stereocenters. The molecule has 1 nitrogen and oxygen atoms in total. The fourth-order valence-electron chi connectivity index (χ4n) is 1.87. The topological polar surface area (TPSA) is 12.0 Å². The molecule has 2 aromatic carbocycles. The van der Waals surface area contributed by atoms with Crippen molar-refractivity contribution in [2.24, 2.45) is 0 Å². The van der Waals surface area contributed by atoms with Gasteiger partial charge in [0, 0.05) is 22.3 Å². The molecule has 0 heterocycles. The molecule has 0 aliphatic rings. The number of aryl methyl sites for hydroxylation is 2. The monoisotopic (exact) mass is 279 g/mol. The summed E-state index contributed by atoms with van der Waals surface area (Å²) >= 11 is 12.0. The van der Waals surface area contributed by atoms with Crippen LogP contribution >= 0.6 is 23.2 Å². The predicted octanol–water partition coefficient (Wildman–Crippen LogP) is 5.22. The Morgan fingerprint density at radius 2 is 1.78 bits per heavy atom. The average Bonchev–Trinajstić information content (AvgIpc) is 2.30. The first-order valence-corrected chi connectivity index (χ1v) is 6.57. The van der Waals surface area contributed by atoms with Gasteiger partial charge in [0.2, 0.25) is 0 Å². The number of halogens is 2. The number of hydrogen-bond acceptors (Lipinski definition) is 1. The Labute approximate surface area is 118 Å². The highest BCUT2D eigenvalue weighted by Gasteiger charge is 2.02. The third-order valence-corrected chi connectivity index (χ3v) is 3.45. The lowest BCUT2D eigenvalue weighted by Gasteiger charge is -2.11. The van der Waals surface area contributed by atoms with Gasteiger partial charge in [-0.2, -0.15) is 0 Å². The van der Waals surface area contributed by atoms with Gasteiger partial charge in [-0.1, -0.05) is 47.0 Å². The molecule has 0 aromatic heterocycles. The van der Waals surface area contributed by atoms with E-state index in [1.54, 1.807) is 6.07 Å². The summed E-state index contributed by atoms with van der Waals surface area (Å²) in [6.07, 6.45) is 0. The second-order valence-electron chi connectivity index (χ2n) is 4.41. The number of nitrogens with one attached hydrogen (secondary N) is 1. The summed E-state index contributed by atoms with van der Waals surface area (Å²) in [6, 6.07) is 11.9. The lowest BCUT2D eigenvalue weighted by Crippen LogP contribution is -2.01. The molecule has 2 rings (SSSR count). The van der Waals surface area contributed by atoms with E-state index in [4.69, 9.17) is 23.2 Å². The van der Waals surface area contributed by atoms with E-state index in [1.165, 1.54) is 11.1 Å². The number of benzene rings is 2. The second-order valence-corrected chi connectivity index (χ2v) is 5.25. The van der Waals surface area contributed by atoms with Gasteiger partial charge in [-0.05, 0) is 43.2 Å². The zero-order chi connectivity index (χ0) is 13.1. The zero-order valence-corrected chi connectivity index (χ0v) is 11.9. The van der Waals surface area contributed by atoms with Gasteiger partial charge in [-0.15, -0.1) is 0 Å². The van der Waals surface area contributed by atoms with Crippen LogP contribution in [0, 0.1) is 13.8 Å². The Morgan fingerprint density at radius 3 is 2.44 bits per heavy atom. The summed E-state index contributed by atoms with van der Waals surface area (Å²) in [5.74, 6) is 0. The smallest absolute Gasteiger partial charge is 0.0470 e. The molecule has 0 saturated heterocycles. The van der Waals surface area contributed by atoms with Crippen molar-refractivity contribution in [2.75, 3.05) is 5.32 Å². The van der Waals surface area contributed by atoms with Crippen LogP contribution in [0.25, 0.3) is 0 Å². The largest absolute Gasteiger partial charge is 0.381 e. The molecular formula is C15H15Cl2N. The molecule has 0 aliphatic carbocycles. The fraction of sp³-hybridized carbons (Fsp3) is 0.200. The van der Waals surface area contributed by atoms with Crippen molar-refractivity contribution in [1.29, 1.82) is 0 Å². The first-order valence-electron chi connectivity index (χ1n) is 5.81. The normalized spacial score (nSPS) is 10.4. The van der Waals surface area contributed by atoms with E-state index >= 15 is 0 Å². The van der Waals surface area contributed by atoms with Gasteiger partial charge in [-0.25, -0.2) is 0 Å². The number of hydrogen-bond donors (Lipinski definition) is 1. The average molecular weight is 280 g/mol. The molecule has 0 unspecified atom stereocenters. The molecule has 3 heteroatoms. The van der Waals surface area contributed by atoms with Gasteiger partial charge >= 0.3 is 0 Å². The van der Waals surface area contributed by atoms with Crippen LogP contribution in [0.2, 0.25) is 10.0 Å². The third-order valence-electron chi connectivity index (χ3n) is 2.87. The van der Waals surface area contributed by atoms with E-state index in [0.717, 1.165) is 11.3 Å². The van der Waals surface area contributed by atoms with Crippen molar-refractivity contribution < 1.29 is 0 Å². The summed E-state index contributed by atoms with van der Waals surface area (Å²) < 4.78 is 0. The van der Waals surface area contributed by atoms with Crippen molar-refractivity contribution in [2.45, 2.75) is 20.4 Å². The van der Waals surface area contributed by atoms with Crippen LogP contribution in [-0.4, -0.2) is 0 Å². The van der Waals surface area contributed by atoms with Crippen LogP contribution in [0.1, 0.15) is 16.7 Å². The lowest BCUT2D eigenvalue weighted by molar-refractivity contribution is 1.14. The van der Waals surface area contributed by atoms with E-state index in [9.17, 15) is 0 Å². The first-order chi connectivity index (χ1) is 8.56. The maximum atomic E-state index is 6.14. The lowest BCUT2D eigenvalue weighted by atomic mass is 10.1. The van der Waals surface area contributed by atoms with E-state index < -0.39 is 0 Å². The molecular weight excluding hydrogens is 265 g/mol. The number of anilines is 1. The summed E-state index contributed by atoms with van der Waals surface area (Å²) in [5, 5.41) is 4.75. The van der Waals surface area contributed by atoms with Gasteiger partial charge in [0.05, 0.1) is 0 Å². The summed E-state index contributed by atoms with van der Waals surface area (Å²) in [5.41, 5.74) is 4.68. The quantitative estimate of drug-likeness (QED) is 0.812. The van der Waals surface area contributed by atoms with E-state index in [2.05, 4.69) is 37.4 Å². The van der Waals surface area contributed by atoms with E-state index in [0.29, 0.717) is 16.6 Å². The molecule has 0 bridgehead atoms. The Kier molecular flexibility index (Phi) is 4.15. The Morgan fingerprint density at radius 1 is 1.00 bits per heavy atom. The molecule has 2 aromatic rings. The first kappa shape index (κ1) is 13.3. The molecule has 18 heavy (non-hydrogen) atoms. The third kappa shape index (κ3) is 3.18. The molecule has 0 aliphatic heterocycles. The Hall–Kier alpha value is -1.18. The highest BCUT2D eigenvalue weighted by Crippen LogP contribution is 2.23. The molecule has 94 valence electrons. The van der Waals surface area contributed by atoms with Crippen molar-refractivity contribution >= 4 is 28.9 Å². The van der Waals surface area contributed by atoms with Crippen LogP contribution in [0.5, 0.6) is 0 Å². The van der Waals surface area contributed by atoms with E-state index in [-0.39, 0.29) is 0 Å². The number of rotatable bonds is 3. The molecule has 0 spiro atoms. The SMILES string of the molecule is Cc1ccc(NCc2ccc(Cl)cc2Cl)c(C)c1. The predicted molar refractivity (Wildman–Crippen MR) is 79.7 cm³/mol. The van der Waals surface area contributed by atoms with Crippen molar-refractivity contribution in [3.05, 3.63) is 63.1 Å². The summed E-state index contributed by atoms with van der Waals surface area (Å²) in [7, 11) is 0. The van der Waals surface area contributed by atoms with Gasteiger partial charge < -0.3 is 5.32 Å². The van der Waals surface area contributed by atoms with Gasteiger partial charge in [0.15, 0.2) is 0 Å². The van der Waals surface area contributed by atoms with Crippen molar-refractivity contribution in [3.8, 4) is 0 Å². The molecule has 0 radical (unpaired) electrons.